The van der Waals surface area contributed by atoms with E-state index in [0.717, 1.165) is 26.9 Å². The van der Waals surface area contributed by atoms with E-state index < -0.39 is 0 Å². The third-order valence-corrected chi connectivity index (χ3v) is 5.43. The van der Waals surface area contributed by atoms with Crippen LogP contribution in [-0.2, 0) is 0 Å². The average Bonchev–Trinajstić information content (AvgIpc) is 2.78. The average molecular weight is 488 g/mol. The molecule has 0 radical (unpaired) electrons. The molecule has 4 rings (SSSR count). The second-order valence-corrected chi connectivity index (χ2v) is 8.39. The van der Waals surface area contributed by atoms with Gasteiger partial charge in [0.05, 0.1) is 0 Å². The van der Waals surface area contributed by atoms with E-state index in [0.29, 0.717) is 22.9 Å². The summed E-state index contributed by atoms with van der Waals surface area (Å²) in [5.74, 6) is 0.759. The summed E-state index contributed by atoms with van der Waals surface area (Å²) in [5, 5.41) is 6.15. The Hall–Kier alpha value is -3.71. The molecule has 3 aromatic carbocycles. The highest BCUT2D eigenvalue weighted by atomic mass is 79.9. The highest BCUT2D eigenvalue weighted by molar-refractivity contribution is 9.10. The summed E-state index contributed by atoms with van der Waals surface area (Å²) >= 11 is 3.44. The molecule has 0 aliphatic carbocycles. The number of nitrogens with zero attached hydrogens (tertiary/aromatic N) is 2. The summed E-state index contributed by atoms with van der Waals surface area (Å²) in [6.07, 6.45) is 0. The summed E-state index contributed by atoms with van der Waals surface area (Å²) in [4.78, 5) is 22.0. The van der Waals surface area contributed by atoms with E-state index in [9.17, 15) is 4.79 Å². The van der Waals surface area contributed by atoms with Gasteiger partial charge >= 0.3 is 0 Å². The predicted octanol–water partition coefficient (Wildman–Crippen LogP) is 6.10. The highest BCUT2D eigenvalue weighted by Gasteiger charge is 2.17. The van der Waals surface area contributed by atoms with Crippen molar-refractivity contribution in [1.82, 2.24) is 9.97 Å². The van der Waals surface area contributed by atoms with Crippen molar-refractivity contribution in [1.29, 1.82) is 0 Å². The Balaban J connectivity index is 1.74. The zero-order chi connectivity index (χ0) is 22.7. The fourth-order valence-corrected chi connectivity index (χ4v) is 3.35. The third-order valence-electron chi connectivity index (χ3n) is 4.91. The molecule has 4 N–H and O–H groups in total. The first-order valence-electron chi connectivity index (χ1n) is 10.0. The molecular weight excluding hydrogens is 466 g/mol. The van der Waals surface area contributed by atoms with Crippen LogP contribution < -0.4 is 16.4 Å². The fraction of sp³-hybridized carbons (Fsp3) is 0.0800. The van der Waals surface area contributed by atoms with Gasteiger partial charge in [-0.3, -0.25) is 4.79 Å². The van der Waals surface area contributed by atoms with Gasteiger partial charge in [0, 0.05) is 21.3 Å². The molecule has 6 nitrogen and oxygen atoms in total. The third kappa shape index (κ3) is 4.95. The van der Waals surface area contributed by atoms with Crippen molar-refractivity contribution in [2.45, 2.75) is 13.8 Å². The van der Waals surface area contributed by atoms with Crippen LogP contribution in [0.25, 0.3) is 11.4 Å². The monoisotopic (exact) mass is 487 g/mol. The van der Waals surface area contributed by atoms with Crippen molar-refractivity contribution >= 4 is 44.8 Å². The van der Waals surface area contributed by atoms with Crippen LogP contribution in [0.2, 0.25) is 0 Å². The van der Waals surface area contributed by atoms with Crippen molar-refractivity contribution < 1.29 is 4.79 Å². The lowest BCUT2D eigenvalue weighted by Crippen LogP contribution is -2.16. The second-order valence-electron chi connectivity index (χ2n) is 7.47. The smallest absolute Gasteiger partial charge is 0.255 e. The number of aryl methyl sites for hydroxylation is 2. The second kappa shape index (κ2) is 9.20. The van der Waals surface area contributed by atoms with Crippen molar-refractivity contribution in [2.75, 3.05) is 16.4 Å². The number of nitrogens with one attached hydrogen (secondary N) is 2. The summed E-state index contributed by atoms with van der Waals surface area (Å²) < 4.78 is 0.953. The Morgan fingerprint density at radius 3 is 2.06 bits per heavy atom. The Bertz CT molecular complexity index is 1250. The van der Waals surface area contributed by atoms with Gasteiger partial charge in [0.1, 0.15) is 5.69 Å². The predicted molar refractivity (Wildman–Crippen MR) is 133 cm³/mol. The van der Waals surface area contributed by atoms with Crippen LogP contribution in [-0.4, -0.2) is 15.9 Å². The number of hydrogen-bond acceptors (Lipinski definition) is 5. The van der Waals surface area contributed by atoms with E-state index >= 15 is 0 Å². The molecule has 1 amide bonds. The molecule has 0 atom stereocenters. The van der Waals surface area contributed by atoms with Crippen molar-refractivity contribution in [2.24, 2.45) is 0 Å². The first-order chi connectivity index (χ1) is 15.4. The summed E-state index contributed by atoms with van der Waals surface area (Å²) in [5.41, 5.74) is 11.0. The van der Waals surface area contributed by atoms with Crippen LogP contribution >= 0.6 is 15.9 Å². The Morgan fingerprint density at radius 2 is 1.44 bits per heavy atom. The van der Waals surface area contributed by atoms with Crippen LogP contribution in [0.3, 0.4) is 0 Å². The normalized spacial score (nSPS) is 10.6. The number of nitrogens with two attached hydrogens (primary N) is 1. The minimum Gasteiger partial charge on any atom is -0.382 e. The standard InChI is InChI=1S/C25H22BrN5O/c1-15-3-7-18(8-4-15)25(32)29-21-22(27)30-23(17-9-11-19(26)12-10-17)31-24(21)28-20-13-5-16(2)6-14-20/h3-14H,1-2H3,(H,29,32)(H3,27,28,30,31). The number of amides is 1. The minimum atomic E-state index is -0.288. The number of benzene rings is 3. The number of anilines is 4. The molecule has 160 valence electrons. The van der Waals surface area contributed by atoms with Gasteiger partial charge in [-0.15, -0.1) is 0 Å². The van der Waals surface area contributed by atoms with Gasteiger partial charge in [-0.2, -0.15) is 0 Å². The van der Waals surface area contributed by atoms with Gasteiger partial charge in [0.25, 0.3) is 5.91 Å². The van der Waals surface area contributed by atoms with E-state index in [1.165, 1.54) is 0 Å². The fourth-order valence-electron chi connectivity index (χ4n) is 3.08. The summed E-state index contributed by atoms with van der Waals surface area (Å²) in [6.45, 7) is 3.99. The largest absolute Gasteiger partial charge is 0.382 e. The molecule has 0 bridgehead atoms. The minimum absolute atomic E-state index is 0.174. The maximum absolute atomic E-state index is 12.9. The maximum Gasteiger partial charge on any atom is 0.255 e. The number of hydrogen-bond donors (Lipinski definition) is 3. The van der Waals surface area contributed by atoms with Crippen LogP contribution in [0.4, 0.5) is 23.0 Å². The summed E-state index contributed by atoms with van der Waals surface area (Å²) in [7, 11) is 0. The molecule has 0 saturated carbocycles. The van der Waals surface area contributed by atoms with Crippen LogP contribution in [0.5, 0.6) is 0 Å². The van der Waals surface area contributed by atoms with Gasteiger partial charge in [0.15, 0.2) is 17.5 Å². The zero-order valence-electron chi connectivity index (χ0n) is 17.7. The Kier molecular flexibility index (Phi) is 6.18. The van der Waals surface area contributed by atoms with E-state index in [-0.39, 0.29) is 11.7 Å². The van der Waals surface area contributed by atoms with Gasteiger partial charge < -0.3 is 16.4 Å². The molecule has 0 aliphatic heterocycles. The van der Waals surface area contributed by atoms with Crippen LogP contribution in [0, 0.1) is 13.8 Å². The lowest BCUT2D eigenvalue weighted by atomic mass is 10.1. The SMILES string of the molecule is Cc1ccc(Nc2nc(-c3ccc(Br)cc3)nc(N)c2NC(=O)c2ccc(C)cc2)cc1. The van der Waals surface area contributed by atoms with E-state index in [1.54, 1.807) is 12.1 Å². The molecule has 1 heterocycles. The molecule has 4 aromatic rings. The van der Waals surface area contributed by atoms with E-state index in [1.807, 2.05) is 74.5 Å². The molecule has 32 heavy (non-hydrogen) atoms. The lowest BCUT2D eigenvalue weighted by molar-refractivity contribution is 0.102. The number of rotatable bonds is 5. The van der Waals surface area contributed by atoms with Crippen LogP contribution in [0.1, 0.15) is 21.5 Å². The highest BCUT2D eigenvalue weighted by Crippen LogP contribution is 2.32. The quantitative estimate of drug-likeness (QED) is 0.316. The number of carbonyl (C=O) groups is 1. The molecule has 0 spiro atoms. The van der Waals surface area contributed by atoms with Gasteiger partial charge in [-0.25, -0.2) is 9.97 Å². The first-order valence-corrected chi connectivity index (χ1v) is 10.8. The molecule has 0 unspecified atom stereocenters. The molecule has 0 saturated heterocycles. The number of nitrogen functional groups attached to an aromatic ring is 1. The van der Waals surface area contributed by atoms with Gasteiger partial charge in [-0.1, -0.05) is 63.5 Å². The van der Waals surface area contributed by atoms with E-state index in [2.05, 4.69) is 36.5 Å². The molecule has 7 heteroatoms. The Morgan fingerprint density at radius 1 is 0.844 bits per heavy atom. The molecule has 0 aliphatic rings. The Labute approximate surface area is 195 Å². The number of carbonyl (C=O) groups excluding carboxylic acids is 1. The summed E-state index contributed by atoms with van der Waals surface area (Å²) in [6, 6.07) is 22.8. The van der Waals surface area contributed by atoms with Crippen molar-refractivity contribution in [3.05, 3.63) is 94.0 Å². The topological polar surface area (TPSA) is 92.9 Å². The zero-order valence-corrected chi connectivity index (χ0v) is 19.3. The van der Waals surface area contributed by atoms with E-state index in [4.69, 9.17) is 5.73 Å². The van der Waals surface area contributed by atoms with Gasteiger partial charge in [0.2, 0.25) is 0 Å². The first kappa shape index (κ1) is 21.5. The lowest BCUT2D eigenvalue weighted by Gasteiger charge is -2.16. The van der Waals surface area contributed by atoms with Crippen molar-refractivity contribution in [3.63, 3.8) is 0 Å². The maximum atomic E-state index is 12.9. The van der Waals surface area contributed by atoms with Crippen LogP contribution in [0.15, 0.2) is 77.3 Å². The van der Waals surface area contributed by atoms with Crippen molar-refractivity contribution in [3.8, 4) is 11.4 Å². The molecular formula is C25H22BrN5O. The molecule has 0 fully saturated rings. The molecule has 1 aromatic heterocycles. The number of halogens is 1. The number of aromatic nitrogens is 2. The van der Waals surface area contributed by atoms with Gasteiger partial charge in [-0.05, 0) is 50.2 Å².